The van der Waals surface area contributed by atoms with Crippen molar-refractivity contribution < 1.29 is 4.79 Å². The Morgan fingerprint density at radius 1 is 1.53 bits per heavy atom. The first-order valence-corrected chi connectivity index (χ1v) is 4.89. The maximum absolute atomic E-state index is 11.4. The first-order valence-electron chi connectivity index (χ1n) is 4.89. The molecule has 9 heteroatoms. The predicted octanol–water partition coefficient (Wildman–Crippen LogP) is -2.49. The van der Waals surface area contributed by atoms with Crippen LogP contribution in [0.1, 0.15) is 10.5 Å². The van der Waals surface area contributed by atoms with E-state index in [0.717, 1.165) is 9.08 Å². The molecule has 0 spiro atoms. The van der Waals surface area contributed by atoms with Crippen LogP contribution in [-0.4, -0.2) is 43.4 Å². The second-order valence-electron chi connectivity index (χ2n) is 3.40. The minimum Gasteiger partial charge on any atom is -0.364 e. The van der Waals surface area contributed by atoms with Crippen molar-refractivity contribution >= 4 is 11.6 Å². The van der Waals surface area contributed by atoms with Gasteiger partial charge in [-0.25, -0.2) is 14.2 Å². The minimum absolute atomic E-state index is 0.0600. The van der Waals surface area contributed by atoms with Gasteiger partial charge < -0.3 is 11.1 Å². The van der Waals surface area contributed by atoms with E-state index in [9.17, 15) is 9.59 Å². The molecule has 1 aliphatic rings. The molecule has 9 nitrogen and oxygen atoms in total. The standard InChI is InChI=1S/C6H6N6O2.C2H5N/c1-11-6(14)12-2-8-3(4(7)13)5(12)9-10-11;1-2-3-1/h2H,1H3,(H2,7,13);3H,1-2H2. The molecule has 3 rings (SSSR count). The third-order valence-corrected chi connectivity index (χ3v) is 1.98. The normalized spacial score (nSPS) is 13.0. The Bertz CT molecular complexity index is 609. The van der Waals surface area contributed by atoms with Crippen LogP contribution >= 0.6 is 0 Å². The molecule has 1 fully saturated rings. The molecule has 0 aliphatic carbocycles. The van der Waals surface area contributed by atoms with Gasteiger partial charge in [0.2, 0.25) is 0 Å². The number of fused-ring (bicyclic) bond motifs is 1. The van der Waals surface area contributed by atoms with Gasteiger partial charge in [0, 0.05) is 20.1 Å². The van der Waals surface area contributed by atoms with E-state index >= 15 is 0 Å². The fraction of sp³-hybridized carbons (Fsp3) is 0.375. The lowest BCUT2D eigenvalue weighted by Gasteiger charge is -1.95. The number of nitrogens with two attached hydrogens (primary N) is 1. The largest absolute Gasteiger partial charge is 0.364 e. The molecule has 0 unspecified atom stereocenters. The van der Waals surface area contributed by atoms with E-state index in [4.69, 9.17) is 5.73 Å². The zero-order valence-electron chi connectivity index (χ0n) is 9.12. The molecule has 2 aromatic heterocycles. The fourth-order valence-corrected chi connectivity index (χ4v) is 1.05. The molecule has 0 aromatic carbocycles. The highest BCUT2D eigenvalue weighted by molar-refractivity contribution is 5.96. The summed E-state index contributed by atoms with van der Waals surface area (Å²) < 4.78 is 2.13. The van der Waals surface area contributed by atoms with Crippen molar-refractivity contribution in [2.75, 3.05) is 13.1 Å². The number of hydrogen-bond donors (Lipinski definition) is 2. The highest BCUT2D eigenvalue weighted by Crippen LogP contribution is 2.00. The molecule has 3 heterocycles. The quantitative estimate of drug-likeness (QED) is 0.528. The van der Waals surface area contributed by atoms with Gasteiger partial charge in [0.15, 0.2) is 11.3 Å². The van der Waals surface area contributed by atoms with Crippen LogP contribution in [0, 0.1) is 0 Å². The van der Waals surface area contributed by atoms with Crippen LogP contribution in [0.25, 0.3) is 5.65 Å². The molecule has 1 saturated heterocycles. The van der Waals surface area contributed by atoms with Crippen molar-refractivity contribution in [3.05, 3.63) is 22.5 Å². The predicted molar refractivity (Wildman–Crippen MR) is 57.4 cm³/mol. The van der Waals surface area contributed by atoms with Gasteiger partial charge in [-0.1, -0.05) is 5.21 Å². The van der Waals surface area contributed by atoms with Crippen molar-refractivity contribution in [1.29, 1.82) is 0 Å². The van der Waals surface area contributed by atoms with Crippen molar-refractivity contribution in [3.8, 4) is 0 Å². The summed E-state index contributed by atoms with van der Waals surface area (Å²) in [5, 5.41) is 10.1. The average molecular weight is 237 g/mol. The molecule has 1 aliphatic heterocycles. The third-order valence-electron chi connectivity index (χ3n) is 1.98. The lowest BCUT2D eigenvalue weighted by Crippen LogP contribution is -2.27. The number of primary amides is 1. The Hall–Kier alpha value is -2.29. The summed E-state index contributed by atoms with van der Waals surface area (Å²) in [7, 11) is 1.44. The van der Waals surface area contributed by atoms with Crippen molar-refractivity contribution in [2.45, 2.75) is 0 Å². The number of nitrogens with one attached hydrogen (secondary N) is 1. The molecule has 3 N–H and O–H groups in total. The molecule has 1 amide bonds. The molecule has 0 atom stereocenters. The molecule has 0 radical (unpaired) electrons. The second-order valence-corrected chi connectivity index (χ2v) is 3.40. The Morgan fingerprint density at radius 3 is 2.71 bits per heavy atom. The Balaban J connectivity index is 0.000000313. The number of imidazole rings is 1. The number of carbonyl (C=O) groups is 1. The third kappa shape index (κ3) is 2.28. The number of amides is 1. The Kier molecular flexibility index (Phi) is 2.83. The molecule has 2 aromatic rings. The molecular weight excluding hydrogens is 226 g/mol. The lowest BCUT2D eigenvalue weighted by atomic mass is 10.4. The maximum Gasteiger partial charge on any atom is 0.352 e. The van der Waals surface area contributed by atoms with Crippen molar-refractivity contribution in [2.24, 2.45) is 12.8 Å². The Labute approximate surface area is 95.2 Å². The molecule has 0 bridgehead atoms. The van der Waals surface area contributed by atoms with E-state index in [1.807, 2.05) is 0 Å². The summed E-state index contributed by atoms with van der Waals surface area (Å²) in [5.74, 6) is -0.741. The number of carbonyl (C=O) groups excluding carboxylic acids is 1. The fourth-order valence-electron chi connectivity index (χ4n) is 1.05. The van der Waals surface area contributed by atoms with Crippen LogP contribution in [0.4, 0.5) is 0 Å². The average Bonchev–Trinajstić information content (AvgIpc) is 3.10. The van der Waals surface area contributed by atoms with E-state index in [1.54, 1.807) is 0 Å². The highest BCUT2D eigenvalue weighted by atomic mass is 16.2. The summed E-state index contributed by atoms with van der Waals surface area (Å²) in [4.78, 5) is 25.9. The molecular formula is C8H11N7O2. The van der Waals surface area contributed by atoms with E-state index in [1.165, 1.54) is 26.5 Å². The van der Waals surface area contributed by atoms with Gasteiger partial charge in [-0.2, -0.15) is 4.68 Å². The zero-order chi connectivity index (χ0) is 12.4. The number of hydrogen-bond acceptors (Lipinski definition) is 6. The van der Waals surface area contributed by atoms with Crippen LogP contribution in [0.2, 0.25) is 0 Å². The summed E-state index contributed by atoms with van der Waals surface area (Å²) in [6.07, 6.45) is 1.19. The number of rotatable bonds is 1. The summed E-state index contributed by atoms with van der Waals surface area (Å²) in [6, 6.07) is 0. The van der Waals surface area contributed by atoms with Gasteiger partial charge >= 0.3 is 5.69 Å². The monoisotopic (exact) mass is 237 g/mol. The SMILES string of the molecule is C1CN1.Cn1nnc2c(C(N)=O)ncn2c1=O. The molecule has 17 heavy (non-hydrogen) atoms. The van der Waals surface area contributed by atoms with E-state index in [-0.39, 0.29) is 11.3 Å². The van der Waals surface area contributed by atoms with Crippen LogP contribution in [0.3, 0.4) is 0 Å². The first-order chi connectivity index (χ1) is 8.11. The Morgan fingerprint density at radius 2 is 2.18 bits per heavy atom. The van der Waals surface area contributed by atoms with Crippen LogP contribution in [-0.2, 0) is 7.05 Å². The van der Waals surface area contributed by atoms with E-state index in [2.05, 4.69) is 20.6 Å². The van der Waals surface area contributed by atoms with Gasteiger partial charge in [-0.05, 0) is 0 Å². The second kappa shape index (κ2) is 4.29. The molecule has 0 saturated carbocycles. The van der Waals surface area contributed by atoms with Gasteiger partial charge in [-0.3, -0.25) is 4.79 Å². The number of aryl methyl sites for hydroxylation is 1. The van der Waals surface area contributed by atoms with Crippen LogP contribution < -0.4 is 16.7 Å². The van der Waals surface area contributed by atoms with Gasteiger partial charge in [-0.15, -0.1) is 5.10 Å². The number of aromatic nitrogens is 5. The summed E-state index contributed by atoms with van der Waals surface area (Å²) >= 11 is 0. The van der Waals surface area contributed by atoms with E-state index in [0.29, 0.717) is 0 Å². The summed E-state index contributed by atoms with van der Waals surface area (Å²) in [6.45, 7) is 2.50. The minimum atomic E-state index is -0.741. The van der Waals surface area contributed by atoms with Crippen LogP contribution in [0.15, 0.2) is 11.1 Å². The number of nitrogens with zero attached hydrogens (tertiary/aromatic N) is 5. The topological polar surface area (TPSA) is 130 Å². The van der Waals surface area contributed by atoms with Gasteiger partial charge in [0.1, 0.15) is 6.33 Å². The van der Waals surface area contributed by atoms with Gasteiger partial charge in [0.25, 0.3) is 5.91 Å². The van der Waals surface area contributed by atoms with Gasteiger partial charge in [0.05, 0.1) is 0 Å². The first kappa shape index (κ1) is 11.2. The van der Waals surface area contributed by atoms with Crippen LogP contribution in [0.5, 0.6) is 0 Å². The maximum atomic E-state index is 11.4. The smallest absolute Gasteiger partial charge is 0.352 e. The lowest BCUT2D eigenvalue weighted by molar-refractivity contribution is 0.0997. The van der Waals surface area contributed by atoms with Crippen molar-refractivity contribution in [1.82, 2.24) is 29.7 Å². The molecule has 90 valence electrons. The van der Waals surface area contributed by atoms with E-state index < -0.39 is 11.6 Å². The summed E-state index contributed by atoms with van der Waals surface area (Å²) in [5.41, 5.74) is 4.60. The van der Waals surface area contributed by atoms with Crippen molar-refractivity contribution in [3.63, 3.8) is 0 Å². The zero-order valence-corrected chi connectivity index (χ0v) is 9.12. The highest BCUT2D eigenvalue weighted by Gasteiger charge is 2.13.